The van der Waals surface area contributed by atoms with Crippen LogP contribution in [0.2, 0.25) is 0 Å². The van der Waals surface area contributed by atoms with Crippen LogP contribution in [0.3, 0.4) is 0 Å². The van der Waals surface area contributed by atoms with E-state index in [-0.39, 0.29) is 10.5 Å². The Hall–Kier alpha value is -3.85. The number of ether oxygens (including phenoxy) is 1. The summed E-state index contributed by atoms with van der Waals surface area (Å²) in [6.45, 7) is 2.01. The molecule has 3 aromatic carbocycles. The molecule has 0 saturated carbocycles. The predicted molar refractivity (Wildman–Crippen MR) is 121 cm³/mol. The number of carbonyl (C=O) groups is 2. The average Bonchev–Trinajstić information content (AvgIpc) is 2.82. The molecule has 0 fully saturated rings. The fourth-order valence-corrected chi connectivity index (χ4v) is 3.93. The average molecular weight is 454 g/mol. The molecule has 0 aromatic heterocycles. The lowest BCUT2D eigenvalue weighted by Gasteiger charge is -2.11. The molecule has 9 heteroatoms. The molecule has 3 rings (SSSR count). The molecule has 0 aliphatic carbocycles. The lowest BCUT2D eigenvalue weighted by Crippen LogP contribution is -2.41. The molecule has 0 spiro atoms. The van der Waals surface area contributed by atoms with E-state index in [1.807, 2.05) is 19.1 Å². The van der Waals surface area contributed by atoms with Crippen molar-refractivity contribution in [2.24, 2.45) is 0 Å². The number of hydrogen-bond donors (Lipinski definition) is 3. The number of amides is 2. The number of hydrogen-bond acceptors (Lipinski definition) is 5. The normalized spacial score (nSPS) is 10.8. The van der Waals surface area contributed by atoms with Crippen molar-refractivity contribution in [3.8, 4) is 5.75 Å². The molecule has 8 nitrogen and oxygen atoms in total. The molecular weight excluding hydrogens is 430 g/mol. The molecule has 3 aromatic rings. The Morgan fingerprint density at radius 1 is 0.844 bits per heavy atom. The van der Waals surface area contributed by atoms with Gasteiger partial charge in [-0.05, 0) is 66.6 Å². The summed E-state index contributed by atoms with van der Waals surface area (Å²) in [5.41, 5.74) is 6.53. The van der Waals surface area contributed by atoms with Gasteiger partial charge in [0.15, 0.2) is 0 Å². The summed E-state index contributed by atoms with van der Waals surface area (Å²) >= 11 is 0. The van der Waals surface area contributed by atoms with Gasteiger partial charge in [-0.25, -0.2) is 8.42 Å². The number of rotatable bonds is 7. The Balaban J connectivity index is 1.67. The maximum atomic E-state index is 12.7. The summed E-state index contributed by atoms with van der Waals surface area (Å²) in [6, 6.07) is 18.9. The van der Waals surface area contributed by atoms with Crippen LogP contribution < -0.4 is 20.3 Å². The number of benzene rings is 3. The lowest BCUT2D eigenvalue weighted by molar-refractivity contribution is 0.0846. The van der Waals surface area contributed by atoms with Crippen LogP contribution in [-0.2, 0) is 16.4 Å². The summed E-state index contributed by atoms with van der Waals surface area (Å²) in [5, 5.41) is 0. The highest BCUT2D eigenvalue weighted by atomic mass is 32.2. The zero-order valence-corrected chi connectivity index (χ0v) is 18.4. The van der Waals surface area contributed by atoms with E-state index in [2.05, 4.69) is 15.6 Å². The Kier molecular flexibility index (Phi) is 7.11. The van der Waals surface area contributed by atoms with Crippen LogP contribution in [0.1, 0.15) is 33.2 Å². The van der Waals surface area contributed by atoms with Gasteiger partial charge in [-0.3, -0.25) is 25.2 Å². The highest BCUT2D eigenvalue weighted by Gasteiger charge is 2.17. The van der Waals surface area contributed by atoms with Gasteiger partial charge in [-0.15, -0.1) is 0 Å². The van der Waals surface area contributed by atoms with Crippen molar-refractivity contribution >= 4 is 27.5 Å². The molecule has 166 valence electrons. The lowest BCUT2D eigenvalue weighted by atomic mass is 10.1. The first kappa shape index (κ1) is 22.8. The first-order valence-corrected chi connectivity index (χ1v) is 11.3. The van der Waals surface area contributed by atoms with Crippen LogP contribution in [0.15, 0.2) is 77.7 Å². The van der Waals surface area contributed by atoms with E-state index >= 15 is 0 Å². The minimum Gasteiger partial charge on any atom is -0.497 e. The van der Waals surface area contributed by atoms with Crippen molar-refractivity contribution in [3.05, 3.63) is 89.5 Å². The Morgan fingerprint density at radius 3 is 2.06 bits per heavy atom. The number of methoxy groups -OCH3 is 1. The minimum atomic E-state index is -3.93. The van der Waals surface area contributed by atoms with Crippen LogP contribution in [0.4, 0.5) is 5.69 Å². The molecule has 2 amide bonds. The van der Waals surface area contributed by atoms with Gasteiger partial charge in [0.05, 0.1) is 12.0 Å². The second kappa shape index (κ2) is 9.97. The molecule has 0 radical (unpaired) electrons. The van der Waals surface area contributed by atoms with Crippen LogP contribution >= 0.6 is 0 Å². The third kappa shape index (κ3) is 5.64. The van der Waals surface area contributed by atoms with Gasteiger partial charge in [-0.1, -0.05) is 25.1 Å². The summed E-state index contributed by atoms with van der Waals surface area (Å²) in [6.07, 6.45) is 0.852. The third-order valence-corrected chi connectivity index (χ3v) is 6.04. The predicted octanol–water partition coefficient (Wildman–Crippen LogP) is 3.13. The second-order valence-electron chi connectivity index (χ2n) is 6.82. The molecule has 0 unspecified atom stereocenters. The molecule has 0 aliphatic heterocycles. The van der Waals surface area contributed by atoms with Gasteiger partial charge in [-0.2, -0.15) is 0 Å². The van der Waals surface area contributed by atoms with Gasteiger partial charge in [0.25, 0.3) is 21.8 Å². The van der Waals surface area contributed by atoms with E-state index < -0.39 is 21.8 Å². The van der Waals surface area contributed by atoms with Crippen LogP contribution in [0.25, 0.3) is 0 Å². The van der Waals surface area contributed by atoms with E-state index in [1.165, 1.54) is 31.4 Å². The molecule has 0 bridgehead atoms. The highest BCUT2D eigenvalue weighted by Crippen LogP contribution is 2.20. The Labute approximate surface area is 186 Å². The largest absolute Gasteiger partial charge is 0.497 e. The quantitative estimate of drug-likeness (QED) is 0.476. The minimum absolute atomic E-state index is 0.0734. The van der Waals surface area contributed by atoms with Crippen molar-refractivity contribution in [1.29, 1.82) is 0 Å². The van der Waals surface area contributed by atoms with Crippen molar-refractivity contribution in [1.82, 2.24) is 10.9 Å². The number of hydrazine groups is 1. The van der Waals surface area contributed by atoms with Crippen molar-refractivity contribution in [2.45, 2.75) is 18.2 Å². The number of sulfonamides is 1. The fraction of sp³-hybridized carbons (Fsp3) is 0.130. The van der Waals surface area contributed by atoms with E-state index in [1.54, 1.807) is 36.4 Å². The molecular formula is C23H23N3O5S. The van der Waals surface area contributed by atoms with E-state index in [0.717, 1.165) is 12.0 Å². The van der Waals surface area contributed by atoms with E-state index in [9.17, 15) is 18.0 Å². The number of aryl methyl sites for hydroxylation is 1. The third-order valence-electron chi connectivity index (χ3n) is 4.66. The van der Waals surface area contributed by atoms with Crippen molar-refractivity contribution < 1.29 is 22.7 Å². The second-order valence-corrected chi connectivity index (χ2v) is 8.50. The van der Waals surface area contributed by atoms with Crippen LogP contribution in [0, 0.1) is 0 Å². The van der Waals surface area contributed by atoms with Crippen molar-refractivity contribution in [2.75, 3.05) is 11.8 Å². The zero-order valence-electron chi connectivity index (χ0n) is 17.6. The van der Waals surface area contributed by atoms with Gasteiger partial charge in [0, 0.05) is 16.8 Å². The molecule has 0 atom stereocenters. The van der Waals surface area contributed by atoms with Gasteiger partial charge in [0.2, 0.25) is 0 Å². The fourth-order valence-electron chi connectivity index (χ4n) is 2.83. The van der Waals surface area contributed by atoms with E-state index in [0.29, 0.717) is 17.0 Å². The smallest absolute Gasteiger partial charge is 0.269 e. The summed E-state index contributed by atoms with van der Waals surface area (Å²) in [4.78, 5) is 24.6. The maximum absolute atomic E-state index is 12.7. The summed E-state index contributed by atoms with van der Waals surface area (Å²) < 4.78 is 32.9. The Morgan fingerprint density at radius 2 is 1.47 bits per heavy atom. The Bertz CT molecular complexity index is 1210. The maximum Gasteiger partial charge on any atom is 0.269 e. The molecule has 0 saturated heterocycles. The SMILES string of the molecule is CCc1ccc(C(=O)NNC(=O)c2cccc(S(=O)(=O)Nc3ccc(OC)cc3)c2)cc1. The van der Waals surface area contributed by atoms with Crippen LogP contribution in [0.5, 0.6) is 5.75 Å². The number of nitrogens with one attached hydrogen (secondary N) is 3. The number of anilines is 1. The first-order valence-electron chi connectivity index (χ1n) is 9.79. The topological polar surface area (TPSA) is 114 Å². The molecule has 0 aliphatic rings. The summed E-state index contributed by atoms with van der Waals surface area (Å²) in [5.74, 6) is -0.536. The highest BCUT2D eigenvalue weighted by molar-refractivity contribution is 7.92. The van der Waals surface area contributed by atoms with Crippen molar-refractivity contribution in [3.63, 3.8) is 0 Å². The zero-order chi connectivity index (χ0) is 23.1. The standard InChI is InChI=1S/C23H23N3O5S/c1-3-16-7-9-17(10-8-16)22(27)24-25-23(28)18-5-4-6-21(15-18)32(29,30)26-19-11-13-20(31-2)14-12-19/h4-15,26H,3H2,1-2H3,(H,24,27)(H,25,28). The monoisotopic (exact) mass is 453 g/mol. The van der Waals surface area contributed by atoms with Crippen LogP contribution in [-0.4, -0.2) is 27.3 Å². The van der Waals surface area contributed by atoms with E-state index in [4.69, 9.17) is 4.74 Å². The van der Waals surface area contributed by atoms with Gasteiger partial charge >= 0.3 is 0 Å². The first-order chi connectivity index (χ1) is 15.3. The molecule has 32 heavy (non-hydrogen) atoms. The number of carbonyl (C=O) groups excluding carboxylic acids is 2. The molecule has 3 N–H and O–H groups in total. The van der Waals surface area contributed by atoms with Gasteiger partial charge in [0.1, 0.15) is 5.75 Å². The molecule has 0 heterocycles. The van der Waals surface area contributed by atoms with Gasteiger partial charge < -0.3 is 4.74 Å². The summed E-state index contributed by atoms with van der Waals surface area (Å²) in [7, 11) is -2.41.